The molecule has 1 aromatic carbocycles. The molecule has 206 valence electrons. The first-order valence-corrected chi connectivity index (χ1v) is 13.4. The monoisotopic (exact) mass is 548 g/mol. The summed E-state index contributed by atoms with van der Waals surface area (Å²) >= 11 is 0. The highest BCUT2D eigenvalue weighted by Gasteiger charge is 2.35. The van der Waals surface area contributed by atoms with Crippen molar-refractivity contribution in [3.05, 3.63) is 59.9 Å². The van der Waals surface area contributed by atoms with E-state index in [2.05, 4.69) is 9.97 Å². The molecule has 1 aliphatic rings. The highest BCUT2D eigenvalue weighted by molar-refractivity contribution is 7.90. The van der Waals surface area contributed by atoms with Gasteiger partial charge in [0, 0.05) is 19.9 Å². The molecule has 0 unspecified atom stereocenters. The molecule has 2 aromatic heterocycles. The first kappa shape index (κ1) is 27.3. The van der Waals surface area contributed by atoms with Crippen LogP contribution in [0, 0.1) is 17.2 Å². The van der Waals surface area contributed by atoms with Crippen molar-refractivity contribution in [1.29, 1.82) is 0 Å². The fourth-order valence-electron chi connectivity index (χ4n) is 3.53. The quantitative estimate of drug-likeness (QED) is 0.385. The van der Waals surface area contributed by atoms with Gasteiger partial charge in [0.05, 0.1) is 32.1 Å². The number of anilines is 1. The Balaban J connectivity index is 0.00000280. The number of aromatic nitrogens is 2. The van der Waals surface area contributed by atoms with Crippen LogP contribution in [0.15, 0.2) is 53.6 Å². The van der Waals surface area contributed by atoms with Gasteiger partial charge in [0.25, 0.3) is 15.9 Å². The SMILES string of the molecule is CC(C)COc1cc(F)cc(-c2ccc(C(=O)NS(=O)(=O)c3cccc(N)n3)c(OCC3(C)COC3)n2)c1.[HH].[HH]. The number of sulfonamides is 1. The predicted octanol–water partition coefficient (Wildman–Crippen LogP) is 3.93. The van der Waals surface area contributed by atoms with Crippen LogP contribution in [0.1, 0.15) is 34.0 Å². The number of pyridine rings is 2. The molecule has 1 fully saturated rings. The molecule has 3 heterocycles. The lowest BCUT2D eigenvalue weighted by molar-refractivity contribution is -0.120. The molecule has 1 saturated heterocycles. The summed E-state index contributed by atoms with van der Waals surface area (Å²) in [6.45, 7) is 7.40. The van der Waals surface area contributed by atoms with Crippen LogP contribution >= 0.6 is 0 Å². The largest absolute Gasteiger partial charge is 0.493 e. The number of nitrogens with one attached hydrogen (secondary N) is 1. The third-order valence-electron chi connectivity index (χ3n) is 5.56. The maximum Gasteiger partial charge on any atom is 0.281 e. The van der Waals surface area contributed by atoms with Crippen molar-refractivity contribution in [3.63, 3.8) is 0 Å². The Morgan fingerprint density at radius 3 is 2.61 bits per heavy atom. The molecule has 0 aliphatic carbocycles. The number of amides is 1. The topological polar surface area (TPSA) is 143 Å². The van der Waals surface area contributed by atoms with Gasteiger partial charge in [0.1, 0.15) is 22.9 Å². The molecule has 10 nitrogen and oxygen atoms in total. The smallest absolute Gasteiger partial charge is 0.281 e. The van der Waals surface area contributed by atoms with Gasteiger partial charge in [-0.05, 0) is 42.3 Å². The molecule has 0 atom stereocenters. The van der Waals surface area contributed by atoms with E-state index >= 15 is 0 Å². The molecular formula is C26H33FN4O6S. The lowest BCUT2D eigenvalue weighted by Crippen LogP contribution is -2.44. The van der Waals surface area contributed by atoms with Gasteiger partial charge < -0.3 is 19.9 Å². The number of carbonyl (C=O) groups excluding carboxylic acids is 1. The van der Waals surface area contributed by atoms with Gasteiger partial charge in [-0.3, -0.25) is 4.79 Å². The van der Waals surface area contributed by atoms with Crippen LogP contribution in [0.5, 0.6) is 11.6 Å². The van der Waals surface area contributed by atoms with Crippen molar-refractivity contribution in [2.45, 2.75) is 25.8 Å². The van der Waals surface area contributed by atoms with E-state index in [0.717, 1.165) is 0 Å². The first-order valence-electron chi connectivity index (χ1n) is 11.9. The van der Waals surface area contributed by atoms with Crippen LogP contribution in [-0.4, -0.2) is 50.7 Å². The van der Waals surface area contributed by atoms with Gasteiger partial charge in [0.2, 0.25) is 5.88 Å². The van der Waals surface area contributed by atoms with Gasteiger partial charge >= 0.3 is 0 Å². The van der Waals surface area contributed by atoms with Crippen molar-refractivity contribution in [2.24, 2.45) is 11.3 Å². The molecule has 1 amide bonds. The van der Waals surface area contributed by atoms with Crippen molar-refractivity contribution in [1.82, 2.24) is 14.7 Å². The van der Waals surface area contributed by atoms with E-state index in [1.807, 2.05) is 25.5 Å². The average molecular weight is 549 g/mol. The van der Waals surface area contributed by atoms with Crippen molar-refractivity contribution < 1.29 is 34.7 Å². The standard InChI is InChI=1S/C26H29FN4O6S.2H2/c1-16(2)12-36-19-10-17(9-18(27)11-19)21-8-7-20(25(29-21)37-15-26(3)13-35-14-26)24(32)31-38(33,34)23-6-4-5-22(28)30-23;;/h4-11,16H,12-15H2,1-3H3,(H2,28,30)(H,31,32);2*1H. The Morgan fingerprint density at radius 2 is 1.95 bits per heavy atom. The van der Waals surface area contributed by atoms with Crippen LogP contribution < -0.4 is 19.9 Å². The Labute approximate surface area is 223 Å². The van der Waals surface area contributed by atoms with Gasteiger partial charge in [-0.15, -0.1) is 0 Å². The molecule has 1 aliphatic heterocycles. The number of hydrogen-bond acceptors (Lipinski definition) is 9. The van der Waals surface area contributed by atoms with E-state index in [4.69, 9.17) is 19.9 Å². The molecule has 0 radical (unpaired) electrons. The van der Waals surface area contributed by atoms with E-state index in [9.17, 15) is 17.6 Å². The number of halogens is 1. The summed E-state index contributed by atoms with van der Waals surface area (Å²) in [5.74, 6) is -1.05. The van der Waals surface area contributed by atoms with Gasteiger partial charge in [-0.2, -0.15) is 8.42 Å². The maximum atomic E-state index is 14.4. The zero-order chi connectivity index (χ0) is 27.5. The minimum absolute atomic E-state index is 0. The van der Waals surface area contributed by atoms with Crippen LogP contribution in [0.2, 0.25) is 0 Å². The number of hydrogen-bond donors (Lipinski definition) is 2. The van der Waals surface area contributed by atoms with Crippen LogP contribution in [0.25, 0.3) is 11.3 Å². The fourth-order valence-corrected chi connectivity index (χ4v) is 4.47. The highest BCUT2D eigenvalue weighted by Crippen LogP contribution is 2.31. The van der Waals surface area contributed by atoms with E-state index in [1.165, 1.54) is 42.5 Å². The van der Waals surface area contributed by atoms with Crippen molar-refractivity contribution in [3.8, 4) is 22.9 Å². The van der Waals surface area contributed by atoms with Crippen LogP contribution in [-0.2, 0) is 14.8 Å². The number of nitrogens with zero attached hydrogens (tertiary/aromatic N) is 2. The maximum absolute atomic E-state index is 14.4. The minimum atomic E-state index is -4.33. The van der Waals surface area contributed by atoms with E-state index in [1.54, 1.807) is 6.07 Å². The Hall–Kier alpha value is -3.77. The van der Waals surface area contributed by atoms with E-state index < -0.39 is 26.8 Å². The lowest BCUT2D eigenvalue weighted by Gasteiger charge is -2.37. The normalized spacial score (nSPS) is 14.6. The third kappa shape index (κ3) is 6.56. The summed E-state index contributed by atoms with van der Waals surface area (Å²) in [4.78, 5) is 21.3. The Bertz CT molecular complexity index is 1450. The molecule has 0 spiro atoms. The number of carbonyl (C=O) groups is 1. The number of nitrogens with two attached hydrogens (primary N) is 1. The summed E-state index contributed by atoms with van der Waals surface area (Å²) < 4.78 is 58.7. The fraction of sp³-hybridized carbons (Fsp3) is 0.346. The van der Waals surface area contributed by atoms with Gasteiger partial charge in [-0.1, -0.05) is 26.8 Å². The molecule has 3 aromatic rings. The second-order valence-corrected chi connectivity index (χ2v) is 11.5. The van der Waals surface area contributed by atoms with Crippen molar-refractivity contribution >= 4 is 21.7 Å². The number of benzene rings is 1. The molecule has 0 bridgehead atoms. The number of nitrogen functional groups attached to an aromatic ring is 1. The second kappa shape index (κ2) is 10.9. The first-order chi connectivity index (χ1) is 17.9. The Kier molecular flexibility index (Phi) is 7.83. The second-order valence-electron chi connectivity index (χ2n) is 9.86. The number of rotatable bonds is 10. The Morgan fingerprint density at radius 1 is 1.18 bits per heavy atom. The minimum Gasteiger partial charge on any atom is -0.493 e. The van der Waals surface area contributed by atoms with E-state index in [-0.39, 0.29) is 38.1 Å². The molecular weight excluding hydrogens is 515 g/mol. The van der Waals surface area contributed by atoms with Gasteiger partial charge in [-0.25, -0.2) is 19.1 Å². The number of ether oxygens (including phenoxy) is 3. The molecule has 0 saturated carbocycles. The van der Waals surface area contributed by atoms with Gasteiger partial charge in [0.15, 0.2) is 5.03 Å². The van der Waals surface area contributed by atoms with E-state index in [0.29, 0.717) is 36.8 Å². The zero-order valence-corrected chi connectivity index (χ0v) is 22.0. The lowest BCUT2D eigenvalue weighted by atomic mass is 9.90. The zero-order valence-electron chi connectivity index (χ0n) is 21.2. The van der Waals surface area contributed by atoms with Crippen LogP contribution in [0.3, 0.4) is 0 Å². The predicted molar refractivity (Wildman–Crippen MR) is 142 cm³/mol. The summed E-state index contributed by atoms with van der Waals surface area (Å²) in [6, 6.07) is 11.1. The summed E-state index contributed by atoms with van der Waals surface area (Å²) in [5, 5.41) is -0.411. The molecule has 38 heavy (non-hydrogen) atoms. The average Bonchev–Trinajstić information content (AvgIpc) is 2.84. The molecule has 3 N–H and O–H groups in total. The van der Waals surface area contributed by atoms with Crippen molar-refractivity contribution in [2.75, 3.05) is 32.2 Å². The van der Waals surface area contributed by atoms with Crippen LogP contribution in [0.4, 0.5) is 10.2 Å². The summed E-state index contributed by atoms with van der Waals surface area (Å²) in [6.07, 6.45) is 0. The molecule has 12 heteroatoms. The summed E-state index contributed by atoms with van der Waals surface area (Å²) in [5.41, 5.74) is 5.87. The molecule has 4 rings (SSSR count). The summed E-state index contributed by atoms with van der Waals surface area (Å²) in [7, 11) is -4.33. The third-order valence-corrected chi connectivity index (χ3v) is 6.79. The highest BCUT2D eigenvalue weighted by atomic mass is 32.2.